The predicted octanol–water partition coefficient (Wildman–Crippen LogP) is 2.85. The maximum atomic E-state index is 11.3. The van der Waals surface area contributed by atoms with E-state index in [4.69, 9.17) is 4.74 Å². The molecule has 0 saturated heterocycles. The molecule has 1 aliphatic carbocycles. The summed E-state index contributed by atoms with van der Waals surface area (Å²) in [5, 5.41) is 2.92. The molecule has 1 aliphatic rings. The van der Waals surface area contributed by atoms with Crippen LogP contribution in [0, 0.1) is 0 Å². The van der Waals surface area contributed by atoms with Crippen molar-refractivity contribution in [2.75, 3.05) is 6.61 Å². The zero-order chi connectivity index (χ0) is 10.2. The first kappa shape index (κ1) is 11.3. The molecule has 0 aliphatic heterocycles. The van der Waals surface area contributed by atoms with Gasteiger partial charge in [-0.1, -0.05) is 32.6 Å². The lowest BCUT2D eigenvalue weighted by molar-refractivity contribution is 0.138. The Balaban J connectivity index is 2.06. The Morgan fingerprint density at radius 1 is 1.36 bits per heavy atom. The largest absolute Gasteiger partial charge is 0.450 e. The first-order chi connectivity index (χ1) is 6.83. The van der Waals surface area contributed by atoms with Crippen LogP contribution in [-0.2, 0) is 4.74 Å². The number of ether oxygens (including phenoxy) is 1. The highest BCUT2D eigenvalue weighted by molar-refractivity contribution is 5.67. The predicted molar refractivity (Wildman–Crippen MR) is 56.3 cm³/mol. The standard InChI is InChI=1S/C11H21NO2/c1-2-3-9-14-11(13)12-10-7-5-4-6-8-10/h10H,2-9H2,1H3,(H,12,13). The van der Waals surface area contributed by atoms with Gasteiger partial charge < -0.3 is 10.1 Å². The third-order valence-electron chi connectivity index (χ3n) is 2.66. The number of amides is 1. The molecular weight excluding hydrogens is 178 g/mol. The zero-order valence-electron chi connectivity index (χ0n) is 9.05. The van der Waals surface area contributed by atoms with Gasteiger partial charge in [0.2, 0.25) is 0 Å². The number of alkyl carbamates (subject to hydrolysis) is 1. The summed E-state index contributed by atoms with van der Waals surface area (Å²) >= 11 is 0. The third-order valence-corrected chi connectivity index (χ3v) is 2.66. The van der Waals surface area contributed by atoms with Crippen LogP contribution in [0.5, 0.6) is 0 Å². The summed E-state index contributed by atoms with van der Waals surface area (Å²) in [5.74, 6) is 0. The van der Waals surface area contributed by atoms with E-state index in [9.17, 15) is 4.79 Å². The molecule has 14 heavy (non-hydrogen) atoms. The van der Waals surface area contributed by atoms with Crippen molar-refractivity contribution in [3.05, 3.63) is 0 Å². The summed E-state index contributed by atoms with van der Waals surface area (Å²) in [7, 11) is 0. The molecule has 0 heterocycles. The number of nitrogens with one attached hydrogen (secondary N) is 1. The molecule has 0 unspecified atom stereocenters. The molecule has 1 amide bonds. The molecule has 1 N–H and O–H groups in total. The molecule has 1 fully saturated rings. The quantitative estimate of drug-likeness (QED) is 0.707. The lowest BCUT2D eigenvalue weighted by Gasteiger charge is -2.22. The van der Waals surface area contributed by atoms with Gasteiger partial charge >= 0.3 is 6.09 Å². The Labute approximate surface area is 86.2 Å². The molecule has 0 atom stereocenters. The monoisotopic (exact) mass is 199 g/mol. The van der Waals surface area contributed by atoms with Crippen molar-refractivity contribution in [2.45, 2.75) is 57.9 Å². The van der Waals surface area contributed by atoms with Crippen LogP contribution in [0.15, 0.2) is 0 Å². The van der Waals surface area contributed by atoms with Crippen molar-refractivity contribution in [1.29, 1.82) is 0 Å². The van der Waals surface area contributed by atoms with Gasteiger partial charge in [-0.3, -0.25) is 0 Å². The Kier molecular flexibility index (Phi) is 5.42. The number of hydrogen-bond donors (Lipinski definition) is 1. The summed E-state index contributed by atoms with van der Waals surface area (Å²) in [6, 6.07) is 0.359. The topological polar surface area (TPSA) is 38.3 Å². The fraction of sp³-hybridized carbons (Fsp3) is 0.909. The van der Waals surface area contributed by atoms with Crippen molar-refractivity contribution in [3.63, 3.8) is 0 Å². The van der Waals surface area contributed by atoms with Crippen LogP contribution in [0.2, 0.25) is 0 Å². The average molecular weight is 199 g/mol. The highest BCUT2D eigenvalue weighted by atomic mass is 16.5. The molecule has 0 aromatic carbocycles. The molecule has 1 saturated carbocycles. The van der Waals surface area contributed by atoms with E-state index in [1.165, 1.54) is 19.3 Å². The van der Waals surface area contributed by atoms with Crippen molar-refractivity contribution < 1.29 is 9.53 Å². The number of carbonyl (C=O) groups excluding carboxylic acids is 1. The van der Waals surface area contributed by atoms with Crippen LogP contribution in [0.4, 0.5) is 4.79 Å². The van der Waals surface area contributed by atoms with E-state index in [0.717, 1.165) is 25.7 Å². The maximum absolute atomic E-state index is 11.3. The summed E-state index contributed by atoms with van der Waals surface area (Å²) in [6.07, 6.45) is 7.80. The smallest absolute Gasteiger partial charge is 0.407 e. The van der Waals surface area contributed by atoms with Crippen LogP contribution in [0.25, 0.3) is 0 Å². The van der Waals surface area contributed by atoms with Crippen LogP contribution >= 0.6 is 0 Å². The fourth-order valence-corrected chi connectivity index (χ4v) is 1.76. The van der Waals surface area contributed by atoms with Gasteiger partial charge in [0.15, 0.2) is 0 Å². The second-order valence-electron chi connectivity index (χ2n) is 3.97. The number of unbranched alkanes of at least 4 members (excludes halogenated alkanes) is 1. The third kappa shape index (κ3) is 4.49. The minimum atomic E-state index is -0.231. The highest BCUT2D eigenvalue weighted by Crippen LogP contribution is 2.17. The van der Waals surface area contributed by atoms with Gasteiger partial charge in [0.1, 0.15) is 0 Å². The summed E-state index contributed by atoms with van der Waals surface area (Å²) in [4.78, 5) is 11.3. The second kappa shape index (κ2) is 6.68. The number of carbonyl (C=O) groups is 1. The molecule has 0 bridgehead atoms. The molecule has 0 aromatic heterocycles. The molecular formula is C11H21NO2. The number of rotatable bonds is 4. The van der Waals surface area contributed by atoms with Crippen LogP contribution in [0.1, 0.15) is 51.9 Å². The van der Waals surface area contributed by atoms with Gasteiger partial charge in [0.25, 0.3) is 0 Å². The maximum Gasteiger partial charge on any atom is 0.407 e. The SMILES string of the molecule is CCCCOC(=O)NC1CCCCC1. The lowest BCUT2D eigenvalue weighted by Crippen LogP contribution is -2.36. The average Bonchev–Trinajstić information content (AvgIpc) is 2.20. The van der Waals surface area contributed by atoms with E-state index in [-0.39, 0.29) is 6.09 Å². The minimum absolute atomic E-state index is 0.231. The Bertz CT molecular complexity index is 165. The summed E-state index contributed by atoms with van der Waals surface area (Å²) in [5.41, 5.74) is 0. The van der Waals surface area contributed by atoms with E-state index >= 15 is 0 Å². The van der Waals surface area contributed by atoms with Gasteiger partial charge in [-0.05, 0) is 19.3 Å². The number of hydrogen-bond acceptors (Lipinski definition) is 2. The Morgan fingerprint density at radius 3 is 2.71 bits per heavy atom. The van der Waals surface area contributed by atoms with Crippen molar-refractivity contribution >= 4 is 6.09 Å². The summed E-state index contributed by atoms with van der Waals surface area (Å²) in [6.45, 7) is 2.64. The normalized spacial score (nSPS) is 17.8. The highest BCUT2D eigenvalue weighted by Gasteiger charge is 2.15. The second-order valence-corrected chi connectivity index (χ2v) is 3.97. The van der Waals surface area contributed by atoms with Gasteiger partial charge in [-0.25, -0.2) is 4.79 Å². The van der Waals surface area contributed by atoms with Crippen molar-refractivity contribution in [2.24, 2.45) is 0 Å². The van der Waals surface area contributed by atoms with Crippen molar-refractivity contribution in [1.82, 2.24) is 5.32 Å². The first-order valence-electron chi connectivity index (χ1n) is 5.76. The molecule has 0 spiro atoms. The van der Waals surface area contributed by atoms with Crippen LogP contribution in [-0.4, -0.2) is 18.7 Å². The Morgan fingerprint density at radius 2 is 2.07 bits per heavy atom. The zero-order valence-corrected chi connectivity index (χ0v) is 9.05. The van der Waals surface area contributed by atoms with Crippen molar-refractivity contribution in [3.8, 4) is 0 Å². The Hall–Kier alpha value is -0.730. The molecule has 0 aromatic rings. The van der Waals surface area contributed by atoms with E-state index in [0.29, 0.717) is 12.6 Å². The van der Waals surface area contributed by atoms with E-state index in [1.54, 1.807) is 0 Å². The van der Waals surface area contributed by atoms with Gasteiger partial charge in [-0.15, -0.1) is 0 Å². The van der Waals surface area contributed by atoms with Crippen LogP contribution in [0.3, 0.4) is 0 Å². The van der Waals surface area contributed by atoms with E-state index in [2.05, 4.69) is 12.2 Å². The molecule has 3 nitrogen and oxygen atoms in total. The minimum Gasteiger partial charge on any atom is -0.450 e. The molecule has 82 valence electrons. The van der Waals surface area contributed by atoms with Gasteiger partial charge in [-0.2, -0.15) is 0 Å². The summed E-state index contributed by atoms with van der Waals surface area (Å²) < 4.78 is 5.04. The lowest BCUT2D eigenvalue weighted by atomic mass is 9.96. The van der Waals surface area contributed by atoms with Gasteiger partial charge in [0, 0.05) is 6.04 Å². The fourth-order valence-electron chi connectivity index (χ4n) is 1.76. The molecule has 1 rings (SSSR count). The van der Waals surface area contributed by atoms with E-state index < -0.39 is 0 Å². The van der Waals surface area contributed by atoms with Gasteiger partial charge in [0.05, 0.1) is 6.61 Å². The van der Waals surface area contributed by atoms with E-state index in [1.807, 2.05) is 0 Å². The molecule has 0 radical (unpaired) electrons. The molecule has 3 heteroatoms. The first-order valence-corrected chi connectivity index (χ1v) is 5.76. The van der Waals surface area contributed by atoms with Crippen LogP contribution < -0.4 is 5.32 Å².